The molecule has 2 rings (SSSR count). The van der Waals surface area contributed by atoms with Crippen LogP contribution in [0.2, 0.25) is 0 Å². The van der Waals surface area contributed by atoms with Crippen LogP contribution in [-0.4, -0.2) is 45.6 Å². The van der Waals surface area contributed by atoms with Crippen LogP contribution in [0.25, 0.3) is 0 Å². The molecule has 8 nitrogen and oxygen atoms in total. The van der Waals surface area contributed by atoms with Gasteiger partial charge in [-0.05, 0) is 0 Å². The molecule has 0 amide bonds. The minimum atomic E-state index is -0.844. The first-order chi connectivity index (χ1) is 8.56. The van der Waals surface area contributed by atoms with Gasteiger partial charge in [-0.3, -0.25) is 14.3 Å². The number of nitrogens with one attached hydrogen (secondary N) is 2. The van der Waals surface area contributed by atoms with Crippen LogP contribution in [0.5, 0.6) is 0 Å². The van der Waals surface area contributed by atoms with Crippen molar-refractivity contribution in [3.63, 3.8) is 0 Å². The SMILES string of the molecule is CNc1cc(=O)[nH]c(=O)n1[C@H]1C[C@H](O)[C@@H](CO)O1. The van der Waals surface area contributed by atoms with Crippen LogP contribution in [0.15, 0.2) is 15.7 Å². The van der Waals surface area contributed by atoms with Gasteiger partial charge in [0.15, 0.2) is 0 Å². The van der Waals surface area contributed by atoms with Crippen LogP contribution in [-0.2, 0) is 4.74 Å². The van der Waals surface area contributed by atoms with Crippen LogP contribution in [0, 0.1) is 0 Å². The van der Waals surface area contributed by atoms with Crippen molar-refractivity contribution in [1.29, 1.82) is 0 Å². The molecule has 1 aliphatic rings. The number of nitrogens with zero attached hydrogens (tertiary/aromatic N) is 1. The van der Waals surface area contributed by atoms with E-state index in [0.717, 1.165) is 0 Å². The highest BCUT2D eigenvalue weighted by molar-refractivity contribution is 5.33. The van der Waals surface area contributed by atoms with Crippen molar-refractivity contribution in [2.24, 2.45) is 0 Å². The van der Waals surface area contributed by atoms with Gasteiger partial charge in [0.05, 0.1) is 12.7 Å². The third-order valence-electron chi connectivity index (χ3n) is 2.90. The molecule has 18 heavy (non-hydrogen) atoms. The Balaban J connectivity index is 2.40. The highest BCUT2D eigenvalue weighted by atomic mass is 16.5. The fraction of sp³-hybridized carbons (Fsp3) is 0.600. The summed E-state index contributed by atoms with van der Waals surface area (Å²) in [5.74, 6) is 0.291. The number of hydrogen-bond acceptors (Lipinski definition) is 6. The van der Waals surface area contributed by atoms with E-state index in [1.807, 2.05) is 0 Å². The van der Waals surface area contributed by atoms with Crippen LogP contribution in [0.1, 0.15) is 12.6 Å². The molecule has 0 aliphatic carbocycles. The maximum atomic E-state index is 11.8. The first-order valence-corrected chi connectivity index (χ1v) is 5.54. The third-order valence-corrected chi connectivity index (χ3v) is 2.90. The molecule has 1 aromatic rings. The van der Waals surface area contributed by atoms with E-state index in [2.05, 4.69) is 10.3 Å². The molecule has 0 radical (unpaired) electrons. The number of aliphatic hydroxyl groups excluding tert-OH is 2. The van der Waals surface area contributed by atoms with Gasteiger partial charge in [0.2, 0.25) is 0 Å². The lowest BCUT2D eigenvalue weighted by Gasteiger charge is -2.17. The van der Waals surface area contributed by atoms with Crippen molar-refractivity contribution in [3.8, 4) is 0 Å². The Labute approximate surface area is 102 Å². The molecule has 0 bridgehead atoms. The quantitative estimate of drug-likeness (QED) is 0.508. The van der Waals surface area contributed by atoms with Crippen molar-refractivity contribution < 1.29 is 14.9 Å². The van der Waals surface area contributed by atoms with E-state index in [9.17, 15) is 14.7 Å². The minimum absolute atomic E-state index is 0.172. The molecule has 4 N–H and O–H groups in total. The van der Waals surface area contributed by atoms with Gasteiger partial charge < -0.3 is 20.3 Å². The predicted octanol–water partition coefficient (Wildman–Crippen LogP) is -1.78. The van der Waals surface area contributed by atoms with Gasteiger partial charge in [0, 0.05) is 19.5 Å². The second-order valence-corrected chi connectivity index (χ2v) is 4.06. The van der Waals surface area contributed by atoms with Crippen LogP contribution >= 0.6 is 0 Å². The Morgan fingerprint density at radius 2 is 2.33 bits per heavy atom. The number of aromatic nitrogens is 2. The van der Waals surface area contributed by atoms with Crippen molar-refractivity contribution in [2.45, 2.75) is 24.9 Å². The summed E-state index contributed by atoms with van der Waals surface area (Å²) in [5, 5.41) is 21.4. The molecule has 1 saturated heterocycles. The van der Waals surface area contributed by atoms with Gasteiger partial charge in [-0.2, -0.15) is 0 Å². The van der Waals surface area contributed by atoms with Gasteiger partial charge in [-0.1, -0.05) is 0 Å². The van der Waals surface area contributed by atoms with Crippen molar-refractivity contribution >= 4 is 5.82 Å². The summed E-state index contributed by atoms with van der Waals surface area (Å²) in [7, 11) is 1.57. The monoisotopic (exact) mass is 257 g/mol. The number of rotatable bonds is 3. The zero-order chi connectivity index (χ0) is 13.3. The number of ether oxygens (including phenoxy) is 1. The Morgan fingerprint density at radius 1 is 1.61 bits per heavy atom. The highest BCUT2D eigenvalue weighted by Gasteiger charge is 2.35. The Kier molecular flexibility index (Phi) is 3.50. The molecular weight excluding hydrogens is 242 g/mol. The molecular formula is C10H15N3O5. The predicted molar refractivity (Wildman–Crippen MR) is 62.5 cm³/mol. The highest BCUT2D eigenvalue weighted by Crippen LogP contribution is 2.28. The summed E-state index contributed by atoms with van der Waals surface area (Å²) in [6.45, 7) is -0.329. The van der Waals surface area contributed by atoms with Gasteiger partial charge in [0.25, 0.3) is 5.56 Å². The average Bonchev–Trinajstić information content (AvgIpc) is 2.68. The molecule has 1 aromatic heterocycles. The Morgan fingerprint density at radius 3 is 2.89 bits per heavy atom. The Bertz CT molecular complexity index is 537. The fourth-order valence-corrected chi connectivity index (χ4v) is 2.02. The van der Waals surface area contributed by atoms with E-state index in [0.29, 0.717) is 5.82 Å². The summed E-state index contributed by atoms with van der Waals surface area (Å²) in [6, 6.07) is 1.23. The molecule has 100 valence electrons. The van der Waals surface area contributed by atoms with E-state index in [-0.39, 0.29) is 13.0 Å². The topological polar surface area (TPSA) is 117 Å². The first-order valence-electron chi connectivity index (χ1n) is 5.54. The second-order valence-electron chi connectivity index (χ2n) is 4.06. The molecule has 0 aromatic carbocycles. The molecule has 3 atom stereocenters. The van der Waals surface area contributed by atoms with Crippen molar-refractivity contribution in [3.05, 3.63) is 26.9 Å². The molecule has 0 spiro atoms. The largest absolute Gasteiger partial charge is 0.394 e. The standard InChI is InChI=1S/C10H15N3O5/c1-11-7-3-8(16)12-10(17)13(7)9-2-5(15)6(4-14)18-9/h3,5-6,9,11,14-15H,2,4H2,1H3,(H,12,16,17)/t5-,6+,9+/m0/s1. The van der Waals surface area contributed by atoms with Crippen molar-refractivity contribution in [1.82, 2.24) is 9.55 Å². The lowest BCUT2D eigenvalue weighted by molar-refractivity contribution is -0.0451. The smallest absolute Gasteiger partial charge is 0.332 e. The van der Waals surface area contributed by atoms with Crippen LogP contribution < -0.4 is 16.6 Å². The molecule has 1 fully saturated rings. The number of aromatic amines is 1. The zero-order valence-corrected chi connectivity index (χ0v) is 9.79. The maximum absolute atomic E-state index is 11.8. The van der Waals surface area contributed by atoms with Gasteiger partial charge in [-0.15, -0.1) is 0 Å². The first kappa shape index (κ1) is 12.8. The normalized spacial score (nSPS) is 27.4. The third kappa shape index (κ3) is 2.17. The lowest BCUT2D eigenvalue weighted by atomic mass is 10.2. The van der Waals surface area contributed by atoms with Crippen LogP contribution in [0.3, 0.4) is 0 Å². The summed E-state index contributed by atoms with van der Waals surface area (Å²) in [4.78, 5) is 25.1. The molecule has 2 heterocycles. The van der Waals surface area contributed by atoms with E-state index < -0.39 is 29.7 Å². The minimum Gasteiger partial charge on any atom is -0.394 e. The van der Waals surface area contributed by atoms with E-state index in [1.54, 1.807) is 7.05 Å². The molecule has 8 heteroatoms. The van der Waals surface area contributed by atoms with Gasteiger partial charge in [-0.25, -0.2) is 4.79 Å². The summed E-state index contributed by atoms with van der Waals surface area (Å²) >= 11 is 0. The number of aliphatic hydroxyl groups is 2. The van der Waals surface area contributed by atoms with Crippen molar-refractivity contribution in [2.75, 3.05) is 19.0 Å². The van der Waals surface area contributed by atoms with E-state index in [1.165, 1.54) is 10.6 Å². The summed E-state index contributed by atoms with van der Waals surface area (Å²) in [6.07, 6.45) is -2.11. The van der Waals surface area contributed by atoms with Gasteiger partial charge in [0.1, 0.15) is 18.1 Å². The Hall–Kier alpha value is -1.64. The van der Waals surface area contributed by atoms with Crippen LogP contribution in [0.4, 0.5) is 5.82 Å². The lowest BCUT2D eigenvalue weighted by Crippen LogP contribution is -2.34. The number of anilines is 1. The summed E-state index contributed by atoms with van der Waals surface area (Å²) < 4.78 is 6.58. The van der Waals surface area contributed by atoms with Gasteiger partial charge >= 0.3 is 5.69 Å². The summed E-state index contributed by atoms with van der Waals surface area (Å²) in [5.41, 5.74) is -1.14. The zero-order valence-electron chi connectivity index (χ0n) is 9.79. The molecule has 0 saturated carbocycles. The number of hydrogen-bond donors (Lipinski definition) is 4. The average molecular weight is 257 g/mol. The fourth-order valence-electron chi connectivity index (χ4n) is 2.02. The number of H-pyrrole nitrogens is 1. The maximum Gasteiger partial charge on any atom is 0.332 e. The van der Waals surface area contributed by atoms with E-state index >= 15 is 0 Å². The second kappa shape index (κ2) is 4.92. The molecule has 0 unspecified atom stereocenters. The van der Waals surface area contributed by atoms with E-state index in [4.69, 9.17) is 9.84 Å². The molecule has 1 aliphatic heterocycles.